The van der Waals surface area contributed by atoms with Crippen molar-refractivity contribution >= 4 is 23.4 Å². The molecule has 168 valence electrons. The lowest BCUT2D eigenvalue weighted by Crippen LogP contribution is -2.45. The van der Waals surface area contributed by atoms with E-state index in [4.69, 9.17) is 13.9 Å². The molecule has 0 saturated carbocycles. The molecule has 1 aliphatic heterocycles. The predicted molar refractivity (Wildman–Crippen MR) is 118 cm³/mol. The zero-order valence-corrected chi connectivity index (χ0v) is 18.7. The van der Waals surface area contributed by atoms with Gasteiger partial charge in [-0.3, -0.25) is 4.79 Å². The van der Waals surface area contributed by atoms with Crippen LogP contribution in [-0.2, 0) is 16.0 Å². The average molecular weight is 430 g/mol. The van der Waals surface area contributed by atoms with Crippen molar-refractivity contribution in [2.24, 2.45) is 0 Å². The summed E-state index contributed by atoms with van der Waals surface area (Å²) in [6.45, 7) is 11.1. The quantitative estimate of drug-likeness (QED) is 0.741. The van der Waals surface area contributed by atoms with Gasteiger partial charge in [0.2, 0.25) is 0 Å². The van der Waals surface area contributed by atoms with Crippen LogP contribution in [0.3, 0.4) is 0 Å². The van der Waals surface area contributed by atoms with Crippen LogP contribution in [0.5, 0.6) is 0 Å². The van der Waals surface area contributed by atoms with Crippen LogP contribution in [0.25, 0.3) is 0 Å². The Bertz CT molecular complexity index is 908. The number of amides is 2. The lowest BCUT2D eigenvalue weighted by Gasteiger charge is -2.37. The maximum atomic E-state index is 12.8. The van der Waals surface area contributed by atoms with Crippen molar-refractivity contribution < 1.29 is 23.5 Å². The minimum Gasteiger partial charge on any atom is -0.467 e. The number of morpholine rings is 1. The first-order valence-corrected chi connectivity index (χ1v) is 10.5. The Hall–Kier alpha value is -3.00. The van der Waals surface area contributed by atoms with Gasteiger partial charge < -0.3 is 29.4 Å². The number of alkyl carbamates (subject to hydrolysis) is 1. The van der Waals surface area contributed by atoms with Gasteiger partial charge in [-0.2, -0.15) is 0 Å². The molecule has 0 bridgehead atoms. The molecular weight excluding hydrogens is 398 g/mol. The molecule has 0 radical (unpaired) electrons. The Kier molecular flexibility index (Phi) is 6.90. The van der Waals surface area contributed by atoms with Crippen LogP contribution >= 0.6 is 0 Å². The predicted octanol–water partition coefficient (Wildman–Crippen LogP) is 4.17. The highest BCUT2D eigenvalue weighted by Gasteiger charge is 2.24. The number of anilines is 2. The van der Waals surface area contributed by atoms with Crippen molar-refractivity contribution in [3.63, 3.8) is 0 Å². The van der Waals surface area contributed by atoms with E-state index in [9.17, 15) is 9.59 Å². The van der Waals surface area contributed by atoms with Crippen LogP contribution in [0.4, 0.5) is 16.2 Å². The second kappa shape index (κ2) is 9.43. The minimum absolute atomic E-state index is 0.112. The van der Waals surface area contributed by atoms with Gasteiger partial charge in [0, 0.05) is 13.1 Å². The lowest BCUT2D eigenvalue weighted by molar-refractivity contribution is -0.00517. The number of hydrogen-bond donors (Lipinski definition) is 2. The number of carbonyl (C=O) groups is 2. The Morgan fingerprint density at radius 3 is 2.52 bits per heavy atom. The zero-order valence-electron chi connectivity index (χ0n) is 18.7. The summed E-state index contributed by atoms with van der Waals surface area (Å²) in [4.78, 5) is 26.8. The number of nitrogens with zero attached hydrogens (tertiary/aromatic N) is 1. The Morgan fingerprint density at radius 2 is 1.84 bits per heavy atom. The number of nitrogens with one attached hydrogen (secondary N) is 2. The molecule has 2 unspecified atom stereocenters. The van der Waals surface area contributed by atoms with Crippen molar-refractivity contribution in [2.45, 2.75) is 59.0 Å². The molecule has 0 aliphatic carbocycles. The second-order valence-corrected chi connectivity index (χ2v) is 8.79. The summed E-state index contributed by atoms with van der Waals surface area (Å²) in [6.07, 6.45) is 1.06. The van der Waals surface area contributed by atoms with E-state index < -0.39 is 11.7 Å². The fraction of sp³-hybridized carbons (Fsp3) is 0.478. The topological polar surface area (TPSA) is 93.0 Å². The zero-order chi connectivity index (χ0) is 22.6. The number of rotatable bonds is 5. The third-order valence-corrected chi connectivity index (χ3v) is 4.63. The molecule has 2 N–H and O–H groups in total. The molecule has 0 spiro atoms. The van der Waals surface area contributed by atoms with Crippen LogP contribution in [0.2, 0.25) is 0 Å². The van der Waals surface area contributed by atoms with Gasteiger partial charge in [0.05, 0.1) is 35.7 Å². The summed E-state index contributed by atoms with van der Waals surface area (Å²) in [7, 11) is 0. The molecule has 2 amide bonds. The van der Waals surface area contributed by atoms with Gasteiger partial charge in [-0.1, -0.05) is 12.1 Å². The number of benzene rings is 1. The van der Waals surface area contributed by atoms with Crippen LogP contribution in [-0.4, -0.2) is 42.9 Å². The maximum absolute atomic E-state index is 12.8. The third kappa shape index (κ3) is 6.49. The van der Waals surface area contributed by atoms with E-state index in [1.165, 1.54) is 6.26 Å². The Balaban J connectivity index is 1.63. The molecule has 31 heavy (non-hydrogen) atoms. The van der Waals surface area contributed by atoms with E-state index in [-0.39, 0.29) is 24.7 Å². The van der Waals surface area contributed by atoms with E-state index in [1.807, 2.05) is 38.1 Å². The fourth-order valence-corrected chi connectivity index (χ4v) is 3.49. The normalized spacial score (nSPS) is 19.1. The molecule has 8 heteroatoms. The monoisotopic (exact) mass is 429 g/mol. The molecular formula is C23H31N3O5. The summed E-state index contributed by atoms with van der Waals surface area (Å²) in [5.74, 6) is 0.175. The highest BCUT2D eigenvalue weighted by Crippen LogP contribution is 2.29. The van der Waals surface area contributed by atoms with E-state index in [0.29, 0.717) is 11.3 Å². The lowest BCUT2D eigenvalue weighted by atomic mass is 10.1. The van der Waals surface area contributed by atoms with Crippen LogP contribution in [0, 0.1) is 0 Å². The molecule has 3 rings (SSSR count). The fourth-order valence-electron chi connectivity index (χ4n) is 3.49. The van der Waals surface area contributed by atoms with Crippen molar-refractivity contribution in [3.8, 4) is 0 Å². The SMILES string of the molecule is CC1CN(c2ccccc2NC(=O)c2coc(CNC(=O)OC(C)(C)C)c2)CC(C)O1. The molecule has 1 fully saturated rings. The number of furan rings is 1. The smallest absolute Gasteiger partial charge is 0.408 e. The summed E-state index contributed by atoms with van der Waals surface area (Å²) >= 11 is 0. The largest absolute Gasteiger partial charge is 0.467 e. The van der Waals surface area contributed by atoms with Crippen molar-refractivity contribution in [1.82, 2.24) is 5.32 Å². The number of para-hydroxylation sites is 2. The summed E-state index contributed by atoms with van der Waals surface area (Å²) < 4.78 is 16.4. The molecule has 1 aliphatic rings. The van der Waals surface area contributed by atoms with Gasteiger partial charge in [-0.25, -0.2) is 4.79 Å². The van der Waals surface area contributed by atoms with Crippen molar-refractivity contribution in [3.05, 3.63) is 47.9 Å². The van der Waals surface area contributed by atoms with Gasteiger partial charge >= 0.3 is 6.09 Å². The van der Waals surface area contributed by atoms with E-state index in [2.05, 4.69) is 15.5 Å². The molecule has 2 atom stereocenters. The summed E-state index contributed by atoms with van der Waals surface area (Å²) in [5.41, 5.74) is 1.47. The van der Waals surface area contributed by atoms with E-state index in [0.717, 1.165) is 24.5 Å². The van der Waals surface area contributed by atoms with E-state index >= 15 is 0 Å². The first kappa shape index (κ1) is 22.7. The second-order valence-electron chi connectivity index (χ2n) is 8.79. The maximum Gasteiger partial charge on any atom is 0.408 e. The van der Waals surface area contributed by atoms with Crippen molar-refractivity contribution in [2.75, 3.05) is 23.3 Å². The first-order valence-electron chi connectivity index (χ1n) is 10.5. The van der Waals surface area contributed by atoms with Gasteiger partial charge in [0.15, 0.2) is 0 Å². The van der Waals surface area contributed by atoms with Gasteiger partial charge in [-0.05, 0) is 52.8 Å². The van der Waals surface area contributed by atoms with Crippen molar-refractivity contribution in [1.29, 1.82) is 0 Å². The number of hydrogen-bond acceptors (Lipinski definition) is 6. The summed E-state index contributed by atoms with van der Waals surface area (Å²) in [5, 5.41) is 5.58. The number of carbonyl (C=O) groups excluding carboxylic acids is 2. The molecule has 2 heterocycles. The molecule has 1 aromatic heterocycles. The minimum atomic E-state index is -0.582. The Labute approximate surface area is 182 Å². The Morgan fingerprint density at radius 1 is 1.16 bits per heavy atom. The van der Waals surface area contributed by atoms with E-state index in [1.54, 1.807) is 26.8 Å². The van der Waals surface area contributed by atoms with Crippen LogP contribution in [0.1, 0.15) is 50.7 Å². The highest BCUT2D eigenvalue weighted by molar-refractivity contribution is 6.05. The van der Waals surface area contributed by atoms with Crippen LogP contribution < -0.4 is 15.5 Å². The molecule has 1 saturated heterocycles. The summed E-state index contributed by atoms with van der Waals surface area (Å²) in [6, 6.07) is 9.31. The van der Waals surface area contributed by atoms with Gasteiger partial charge in [0.1, 0.15) is 17.6 Å². The third-order valence-electron chi connectivity index (χ3n) is 4.63. The molecule has 8 nitrogen and oxygen atoms in total. The van der Waals surface area contributed by atoms with Gasteiger partial charge in [0.25, 0.3) is 5.91 Å². The molecule has 1 aromatic carbocycles. The molecule has 2 aromatic rings. The van der Waals surface area contributed by atoms with Crippen LogP contribution in [0.15, 0.2) is 41.0 Å². The standard InChI is InChI=1S/C23H31N3O5/c1-15-12-26(13-16(2)30-15)20-9-7-6-8-19(20)25-21(27)17-10-18(29-14-17)11-24-22(28)31-23(3,4)5/h6-10,14-16H,11-13H2,1-5H3,(H,24,28)(H,25,27). The average Bonchev–Trinajstić information content (AvgIpc) is 3.14. The van der Waals surface area contributed by atoms with Gasteiger partial charge in [-0.15, -0.1) is 0 Å². The highest BCUT2D eigenvalue weighted by atomic mass is 16.6. The number of ether oxygens (including phenoxy) is 2. The first-order chi connectivity index (χ1) is 14.6.